The Kier molecular flexibility index (Phi) is 18.0. The highest BCUT2D eigenvalue weighted by Crippen LogP contribution is 2.12. The molecule has 0 amide bonds. The molecule has 0 aliphatic carbocycles. The molecule has 2 aromatic carbocycles. The molecule has 0 saturated carbocycles. The SMILES string of the molecule is Nc1ccc(OCCOCCOCCOCCOCCOCCOCCOC(=O)C(=O)c2ccccc2)cc1. The molecule has 2 aromatic rings. The molecule has 216 valence electrons. The molecule has 0 aliphatic rings. The Labute approximate surface area is 229 Å². The van der Waals surface area contributed by atoms with Crippen LogP contribution in [0.3, 0.4) is 0 Å². The lowest BCUT2D eigenvalue weighted by molar-refractivity contribution is -0.139. The van der Waals surface area contributed by atoms with Crippen molar-refractivity contribution in [2.75, 3.05) is 98.2 Å². The van der Waals surface area contributed by atoms with Gasteiger partial charge in [-0.3, -0.25) is 4.79 Å². The number of nitrogens with two attached hydrogens (primary N) is 1. The van der Waals surface area contributed by atoms with Crippen molar-refractivity contribution in [1.82, 2.24) is 0 Å². The number of Topliss-reactive ketones (excluding diaryl/α,β-unsaturated/α-hetero) is 1. The first-order chi connectivity index (χ1) is 19.2. The Bertz CT molecular complexity index is 895. The lowest BCUT2D eigenvalue weighted by atomic mass is 10.1. The van der Waals surface area contributed by atoms with Crippen LogP contribution in [0.5, 0.6) is 5.75 Å². The molecule has 0 atom stereocenters. The van der Waals surface area contributed by atoms with Gasteiger partial charge in [-0.1, -0.05) is 30.3 Å². The van der Waals surface area contributed by atoms with Gasteiger partial charge in [0, 0.05) is 11.3 Å². The van der Waals surface area contributed by atoms with Gasteiger partial charge in [-0.05, 0) is 24.3 Å². The molecule has 0 fully saturated rings. The summed E-state index contributed by atoms with van der Waals surface area (Å²) in [4.78, 5) is 23.5. The van der Waals surface area contributed by atoms with Crippen LogP contribution in [0, 0.1) is 0 Å². The van der Waals surface area contributed by atoms with E-state index >= 15 is 0 Å². The van der Waals surface area contributed by atoms with Crippen molar-refractivity contribution in [2.45, 2.75) is 0 Å². The first-order valence-electron chi connectivity index (χ1n) is 12.9. The lowest BCUT2D eigenvalue weighted by Crippen LogP contribution is -2.20. The molecular weight excluding hydrogens is 510 g/mol. The second kappa shape index (κ2) is 21.8. The van der Waals surface area contributed by atoms with Crippen LogP contribution in [0.1, 0.15) is 10.4 Å². The van der Waals surface area contributed by atoms with Crippen LogP contribution in [-0.4, -0.2) is 104 Å². The Balaban J connectivity index is 1.23. The van der Waals surface area contributed by atoms with Gasteiger partial charge in [0.2, 0.25) is 0 Å². The summed E-state index contributed by atoms with van der Waals surface area (Å²) in [6, 6.07) is 15.5. The van der Waals surface area contributed by atoms with Gasteiger partial charge in [-0.25, -0.2) is 4.79 Å². The smallest absolute Gasteiger partial charge is 0.379 e. The highest BCUT2D eigenvalue weighted by atomic mass is 16.6. The number of carbonyl (C=O) groups is 2. The number of nitrogen functional groups attached to an aromatic ring is 1. The molecule has 0 aliphatic heterocycles. The molecule has 2 rings (SSSR count). The van der Waals surface area contributed by atoms with Crippen molar-refractivity contribution >= 4 is 17.4 Å². The lowest BCUT2D eigenvalue weighted by Gasteiger charge is -2.09. The highest BCUT2D eigenvalue weighted by molar-refractivity contribution is 6.40. The summed E-state index contributed by atoms with van der Waals surface area (Å²) in [5, 5.41) is 0. The number of hydrogen-bond donors (Lipinski definition) is 1. The van der Waals surface area contributed by atoms with Crippen molar-refractivity contribution < 1.29 is 47.5 Å². The highest BCUT2D eigenvalue weighted by Gasteiger charge is 2.17. The normalized spacial score (nSPS) is 10.9. The maximum atomic E-state index is 11.9. The summed E-state index contributed by atoms with van der Waals surface area (Å²) in [5.74, 6) is -0.808. The van der Waals surface area contributed by atoms with Crippen LogP contribution in [-0.2, 0) is 38.0 Å². The van der Waals surface area contributed by atoms with E-state index in [9.17, 15) is 9.59 Å². The average molecular weight is 550 g/mol. The zero-order valence-corrected chi connectivity index (χ0v) is 22.3. The van der Waals surface area contributed by atoms with Gasteiger partial charge in [0.15, 0.2) is 0 Å². The van der Waals surface area contributed by atoms with E-state index in [1.807, 2.05) is 12.1 Å². The van der Waals surface area contributed by atoms with E-state index in [1.54, 1.807) is 42.5 Å². The Hall–Kier alpha value is -3.06. The van der Waals surface area contributed by atoms with Crippen LogP contribution in [0.25, 0.3) is 0 Å². The summed E-state index contributed by atoms with van der Waals surface area (Å²) < 4.78 is 42.9. The van der Waals surface area contributed by atoms with Crippen molar-refractivity contribution in [3.8, 4) is 5.75 Å². The molecule has 11 heteroatoms. The minimum Gasteiger partial charge on any atom is -0.491 e. The van der Waals surface area contributed by atoms with Crippen LogP contribution in [0.15, 0.2) is 54.6 Å². The summed E-state index contributed by atoms with van der Waals surface area (Å²) in [6.45, 7) is 5.59. The molecule has 0 heterocycles. The topological polar surface area (TPSA) is 134 Å². The predicted molar refractivity (Wildman–Crippen MR) is 143 cm³/mol. The molecule has 2 N–H and O–H groups in total. The summed E-state index contributed by atoms with van der Waals surface area (Å²) in [6.07, 6.45) is 0. The minimum atomic E-state index is -0.895. The third-order valence-corrected chi connectivity index (χ3v) is 4.92. The third kappa shape index (κ3) is 16.5. The monoisotopic (exact) mass is 549 g/mol. The van der Waals surface area contributed by atoms with Gasteiger partial charge < -0.3 is 43.6 Å². The zero-order valence-electron chi connectivity index (χ0n) is 22.3. The molecule has 0 unspecified atom stereocenters. The quantitative estimate of drug-likeness (QED) is 0.0679. The minimum absolute atomic E-state index is 0.000759. The molecule has 0 saturated heterocycles. The van der Waals surface area contributed by atoms with E-state index in [2.05, 4.69) is 0 Å². The van der Waals surface area contributed by atoms with E-state index in [0.29, 0.717) is 90.5 Å². The first kappa shape index (κ1) is 32.2. The van der Waals surface area contributed by atoms with Crippen LogP contribution >= 0.6 is 0 Å². The van der Waals surface area contributed by atoms with Crippen LogP contribution in [0.2, 0.25) is 0 Å². The molecule has 39 heavy (non-hydrogen) atoms. The summed E-state index contributed by atoms with van der Waals surface area (Å²) >= 11 is 0. The Morgan fingerprint density at radius 1 is 0.513 bits per heavy atom. The molecule has 11 nitrogen and oxygen atoms in total. The molecular formula is C28H39NO10. The van der Waals surface area contributed by atoms with Crippen LogP contribution in [0.4, 0.5) is 5.69 Å². The number of anilines is 1. The van der Waals surface area contributed by atoms with Crippen molar-refractivity contribution in [3.63, 3.8) is 0 Å². The van der Waals surface area contributed by atoms with Gasteiger partial charge in [0.25, 0.3) is 5.78 Å². The van der Waals surface area contributed by atoms with E-state index in [0.717, 1.165) is 5.75 Å². The maximum Gasteiger partial charge on any atom is 0.379 e. The number of benzene rings is 2. The molecule has 0 bridgehead atoms. The van der Waals surface area contributed by atoms with E-state index in [1.165, 1.54) is 0 Å². The largest absolute Gasteiger partial charge is 0.491 e. The Morgan fingerprint density at radius 2 is 0.923 bits per heavy atom. The number of ketones is 1. The first-order valence-corrected chi connectivity index (χ1v) is 12.9. The van der Waals surface area contributed by atoms with Gasteiger partial charge in [-0.15, -0.1) is 0 Å². The maximum absolute atomic E-state index is 11.9. The number of esters is 1. The zero-order chi connectivity index (χ0) is 27.8. The number of ether oxygens (including phenoxy) is 8. The summed E-state index contributed by atoms with van der Waals surface area (Å²) in [7, 11) is 0. The van der Waals surface area contributed by atoms with E-state index < -0.39 is 11.8 Å². The Morgan fingerprint density at radius 3 is 1.38 bits per heavy atom. The molecule has 0 radical (unpaired) electrons. The number of carbonyl (C=O) groups excluding carboxylic acids is 2. The van der Waals surface area contributed by atoms with E-state index in [-0.39, 0.29) is 13.2 Å². The van der Waals surface area contributed by atoms with Gasteiger partial charge >= 0.3 is 5.97 Å². The van der Waals surface area contributed by atoms with Crippen LogP contribution < -0.4 is 10.5 Å². The van der Waals surface area contributed by atoms with Gasteiger partial charge in [-0.2, -0.15) is 0 Å². The fourth-order valence-electron chi connectivity index (χ4n) is 2.95. The van der Waals surface area contributed by atoms with Gasteiger partial charge in [0.1, 0.15) is 19.0 Å². The number of hydrogen-bond acceptors (Lipinski definition) is 11. The second-order valence-electron chi connectivity index (χ2n) is 7.92. The second-order valence-corrected chi connectivity index (χ2v) is 7.92. The fourth-order valence-corrected chi connectivity index (χ4v) is 2.95. The molecule has 0 aromatic heterocycles. The predicted octanol–water partition coefficient (Wildman–Crippen LogP) is 2.17. The average Bonchev–Trinajstić information content (AvgIpc) is 2.96. The standard InChI is InChI=1S/C28H39NO10/c29-25-6-8-26(9-7-25)38-22-20-36-18-16-34-14-12-32-10-11-33-13-15-35-17-19-37-21-23-39-28(31)27(30)24-4-2-1-3-5-24/h1-9H,10-23,29H2. The molecule has 0 spiro atoms. The van der Waals surface area contributed by atoms with Gasteiger partial charge in [0.05, 0.1) is 79.3 Å². The van der Waals surface area contributed by atoms with Crippen molar-refractivity contribution in [1.29, 1.82) is 0 Å². The third-order valence-electron chi connectivity index (χ3n) is 4.92. The van der Waals surface area contributed by atoms with Crippen molar-refractivity contribution in [2.24, 2.45) is 0 Å². The van der Waals surface area contributed by atoms with E-state index in [4.69, 9.17) is 43.6 Å². The van der Waals surface area contributed by atoms with Crippen molar-refractivity contribution in [3.05, 3.63) is 60.2 Å². The number of rotatable bonds is 24. The summed E-state index contributed by atoms with van der Waals surface area (Å²) in [5.41, 5.74) is 6.62. The fraction of sp³-hybridized carbons (Fsp3) is 0.500.